The van der Waals surface area contributed by atoms with E-state index in [9.17, 15) is 0 Å². The van der Waals surface area contributed by atoms with Gasteiger partial charge in [-0.3, -0.25) is 0 Å². The number of hydrogen-bond donors (Lipinski definition) is 1. The maximum atomic E-state index is 3.47. The average Bonchev–Trinajstić information content (AvgIpc) is 2.95. The zero-order valence-electron chi connectivity index (χ0n) is 12.8. The summed E-state index contributed by atoms with van der Waals surface area (Å²) in [6.07, 6.45) is 8.72. The van der Waals surface area contributed by atoms with Gasteiger partial charge in [0.25, 0.3) is 0 Å². The van der Waals surface area contributed by atoms with E-state index >= 15 is 0 Å². The highest BCUT2D eigenvalue weighted by molar-refractivity contribution is 5.54. The monoisotopic (exact) mass is 272 g/mol. The van der Waals surface area contributed by atoms with E-state index in [4.69, 9.17) is 0 Å². The summed E-state index contributed by atoms with van der Waals surface area (Å²) < 4.78 is 0. The zero-order chi connectivity index (χ0) is 13.8. The molecule has 0 aromatic heterocycles. The topological polar surface area (TPSA) is 15.3 Å². The van der Waals surface area contributed by atoms with Crippen LogP contribution >= 0.6 is 0 Å². The van der Waals surface area contributed by atoms with Crippen molar-refractivity contribution in [1.82, 2.24) is 5.32 Å². The molecule has 110 valence electrons. The Kier molecular flexibility index (Phi) is 4.30. The fourth-order valence-electron chi connectivity index (χ4n) is 4.08. The first kappa shape index (κ1) is 13.9. The Bertz CT molecular complexity index is 425. The quantitative estimate of drug-likeness (QED) is 0.892. The number of piperidine rings is 1. The summed E-state index contributed by atoms with van der Waals surface area (Å²) in [4.78, 5) is 2.62. The van der Waals surface area contributed by atoms with Crippen LogP contribution in [-0.2, 0) is 6.54 Å². The van der Waals surface area contributed by atoms with E-state index < -0.39 is 0 Å². The van der Waals surface area contributed by atoms with Crippen LogP contribution in [-0.4, -0.2) is 19.6 Å². The first-order chi connectivity index (χ1) is 9.83. The van der Waals surface area contributed by atoms with Crippen LogP contribution in [0.25, 0.3) is 0 Å². The molecule has 1 heterocycles. The Morgan fingerprint density at radius 3 is 2.45 bits per heavy atom. The normalized spacial score (nSPS) is 21.6. The number of benzene rings is 1. The Labute approximate surface area is 123 Å². The molecule has 0 bridgehead atoms. The number of rotatable bonds is 4. The highest BCUT2D eigenvalue weighted by Crippen LogP contribution is 2.46. The molecule has 2 fully saturated rings. The van der Waals surface area contributed by atoms with Crippen molar-refractivity contribution in [2.75, 3.05) is 24.5 Å². The lowest BCUT2D eigenvalue weighted by molar-refractivity contribution is 0.226. The highest BCUT2D eigenvalue weighted by Gasteiger charge is 2.37. The maximum absolute atomic E-state index is 3.47. The summed E-state index contributed by atoms with van der Waals surface area (Å²) in [7, 11) is 0. The summed E-state index contributed by atoms with van der Waals surface area (Å²) in [6, 6.07) is 8.93. The van der Waals surface area contributed by atoms with Crippen LogP contribution in [0, 0.1) is 5.41 Å². The lowest BCUT2D eigenvalue weighted by Gasteiger charge is -2.41. The summed E-state index contributed by atoms with van der Waals surface area (Å²) in [5.74, 6) is 0. The van der Waals surface area contributed by atoms with Gasteiger partial charge < -0.3 is 10.2 Å². The SMILES string of the molecule is CCNCc1ccccc1N1CCC2(CCCC2)CC1. The summed E-state index contributed by atoms with van der Waals surface area (Å²) in [5.41, 5.74) is 3.63. The number of para-hydroxylation sites is 1. The van der Waals surface area contributed by atoms with Gasteiger partial charge in [0.1, 0.15) is 0 Å². The van der Waals surface area contributed by atoms with Gasteiger partial charge in [-0.05, 0) is 49.3 Å². The van der Waals surface area contributed by atoms with E-state index in [0.717, 1.165) is 13.1 Å². The van der Waals surface area contributed by atoms with E-state index in [1.54, 1.807) is 0 Å². The molecule has 0 unspecified atom stereocenters. The summed E-state index contributed by atoms with van der Waals surface area (Å²) in [5, 5.41) is 3.47. The predicted molar refractivity (Wildman–Crippen MR) is 86.2 cm³/mol. The minimum Gasteiger partial charge on any atom is -0.371 e. The molecule has 0 amide bonds. The first-order valence-electron chi connectivity index (χ1n) is 8.37. The van der Waals surface area contributed by atoms with Gasteiger partial charge in [-0.15, -0.1) is 0 Å². The van der Waals surface area contributed by atoms with Crippen LogP contribution in [0.4, 0.5) is 5.69 Å². The molecule has 1 saturated carbocycles. The third kappa shape index (κ3) is 2.85. The Hall–Kier alpha value is -1.02. The van der Waals surface area contributed by atoms with Crippen LogP contribution in [0.3, 0.4) is 0 Å². The molecule has 1 aliphatic heterocycles. The van der Waals surface area contributed by atoms with Gasteiger partial charge in [0.2, 0.25) is 0 Å². The van der Waals surface area contributed by atoms with Crippen LogP contribution in [0.5, 0.6) is 0 Å². The van der Waals surface area contributed by atoms with E-state index in [1.165, 1.54) is 62.9 Å². The van der Waals surface area contributed by atoms with Gasteiger partial charge in [-0.1, -0.05) is 38.0 Å². The van der Waals surface area contributed by atoms with Crippen molar-refractivity contribution in [2.45, 2.75) is 52.0 Å². The molecule has 1 spiro atoms. The third-order valence-corrected chi connectivity index (χ3v) is 5.39. The molecule has 2 nitrogen and oxygen atoms in total. The minimum atomic E-state index is 0.715. The Morgan fingerprint density at radius 2 is 1.75 bits per heavy atom. The fraction of sp³-hybridized carbons (Fsp3) is 0.667. The largest absolute Gasteiger partial charge is 0.371 e. The average molecular weight is 272 g/mol. The Morgan fingerprint density at radius 1 is 1.05 bits per heavy atom. The van der Waals surface area contributed by atoms with Crippen molar-refractivity contribution < 1.29 is 0 Å². The van der Waals surface area contributed by atoms with Crippen molar-refractivity contribution in [3.8, 4) is 0 Å². The van der Waals surface area contributed by atoms with Crippen LogP contribution in [0.1, 0.15) is 51.0 Å². The van der Waals surface area contributed by atoms with Crippen molar-refractivity contribution in [2.24, 2.45) is 5.41 Å². The van der Waals surface area contributed by atoms with Gasteiger partial charge in [0, 0.05) is 25.3 Å². The van der Waals surface area contributed by atoms with E-state index in [0.29, 0.717) is 5.41 Å². The lowest BCUT2D eigenvalue weighted by atomic mass is 9.77. The number of anilines is 1. The predicted octanol–water partition coefficient (Wildman–Crippen LogP) is 3.96. The van der Waals surface area contributed by atoms with Crippen molar-refractivity contribution in [1.29, 1.82) is 0 Å². The summed E-state index contributed by atoms with van der Waals surface area (Å²) >= 11 is 0. The number of nitrogens with zero attached hydrogens (tertiary/aromatic N) is 1. The first-order valence-corrected chi connectivity index (χ1v) is 8.37. The zero-order valence-corrected chi connectivity index (χ0v) is 12.8. The Balaban J connectivity index is 1.68. The highest BCUT2D eigenvalue weighted by atomic mass is 15.1. The van der Waals surface area contributed by atoms with Gasteiger partial charge >= 0.3 is 0 Å². The lowest BCUT2D eigenvalue weighted by Crippen LogP contribution is -2.39. The van der Waals surface area contributed by atoms with Gasteiger partial charge in [-0.25, -0.2) is 0 Å². The molecule has 2 heteroatoms. The molecule has 1 aromatic rings. The molecule has 1 aliphatic carbocycles. The standard InChI is InChI=1S/C18H28N2/c1-2-19-15-16-7-3-4-8-17(16)20-13-11-18(12-14-20)9-5-6-10-18/h3-4,7-8,19H,2,5-6,9-15H2,1H3. The van der Waals surface area contributed by atoms with E-state index in [2.05, 4.69) is 41.4 Å². The molecule has 0 atom stereocenters. The molecular weight excluding hydrogens is 244 g/mol. The smallest absolute Gasteiger partial charge is 0.0411 e. The van der Waals surface area contributed by atoms with Gasteiger partial charge in [0.05, 0.1) is 0 Å². The molecule has 1 saturated heterocycles. The van der Waals surface area contributed by atoms with Crippen molar-refractivity contribution >= 4 is 5.69 Å². The molecule has 1 aromatic carbocycles. The minimum absolute atomic E-state index is 0.715. The second-order valence-corrected chi connectivity index (χ2v) is 6.60. The van der Waals surface area contributed by atoms with Crippen molar-refractivity contribution in [3.63, 3.8) is 0 Å². The molecule has 1 N–H and O–H groups in total. The van der Waals surface area contributed by atoms with E-state index in [-0.39, 0.29) is 0 Å². The van der Waals surface area contributed by atoms with E-state index in [1.807, 2.05) is 0 Å². The second kappa shape index (κ2) is 6.17. The fourth-order valence-corrected chi connectivity index (χ4v) is 4.08. The number of hydrogen-bond acceptors (Lipinski definition) is 2. The van der Waals surface area contributed by atoms with Gasteiger partial charge in [0.15, 0.2) is 0 Å². The van der Waals surface area contributed by atoms with Crippen LogP contribution < -0.4 is 10.2 Å². The maximum Gasteiger partial charge on any atom is 0.0411 e. The van der Waals surface area contributed by atoms with Crippen LogP contribution in [0.15, 0.2) is 24.3 Å². The third-order valence-electron chi connectivity index (χ3n) is 5.39. The summed E-state index contributed by atoms with van der Waals surface area (Å²) in [6.45, 7) is 6.71. The van der Waals surface area contributed by atoms with Crippen molar-refractivity contribution in [3.05, 3.63) is 29.8 Å². The molecular formula is C18H28N2. The molecule has 20 heavy (non-hydrogen) atoms. The second-order valence-electron chi connectivity index (χ2n) is 6.60. The molecule has 3 rings (SSSR count). The van der Waals surface area contributed by atoms with Crippen LogP contribution in [0.2, 0.25) is 0 Å². The molecule has 0 radical (unpaired) electrons. The van der Waals surface area contributed by atoms with Gasteiger partial charge in [-0.2, -0.15) is 0 Å². The molecule has 2 aliphatic rings. The number of nitrogens with one attached hydrogen (secondary N) is 1.